The van der Waals surface area contributed by atoms with Gasteiger partial charge in [0.1, 0.15) is 6.10 Å². The second-order valence-electron chi connectivity index (χ2n) is 8.48. The Morgan fingerprint density at radius 1 is 1.30 bits per heavy atom. The molecular weight excluding hydrogens is 366 g/mol. The molecule has 0 aromatic carbocycles. The highest BCUT2D eigenvalue weighted by Gasteiger charge is 2.43. The second kappa shape index (κ2) is 7.57. The molecule has 8 nitrogen and oxygen atoms in total. The molecule has 0 aliphatic carbocycles. The predicted molar refractivity (Wildman–Crippen MR) is 105 cm³/mol. The van der Waals surface area contributed by atoms with Gasteiger partial charge in [-0.25, -0.2) is 4.79 Å². The zero-order valence-corrected chi connectivity index (χ0v) is 18.0. The number of hydrogen-bond donors (Lipinski definition) is 1. The Hall–Kier alpha value is -1.97. The molecule has 0 saturated carbocycles. The van der Waals surface area contributed by atoms with Gasteiger partial charge in [0, 0.05) is 38.1 Å². The molecule has 0 amide bonds. The first-order valence-corrected chi connectivity index (χ1v) is 11.8. The van der Waals surface area contributed by atoms with Gasteiger partial charge >= 0.3 is 5.69 Å². The number of ether oxygens (including phenoxy) is 1. The van der Waals surface area contributed by atoms with E-state index in [2.05, 4.69) is 38.8 Å². The molecule has 2 atom stereocenters. The number of carbonyl (C=O) groups is 1. The predicted octanol–water partition coefficient (Wildman–Crippen LogP) is 1.47. The van der Waals surface area contributed by atoms with E-state index in [4.69, 9.17) is 9.16 Å². The van der Waals surface area contributed by atoms with E-state index >= 15 is 0 Å². The summed E-state index contributed by atoms with van der Waals surface area (Å²) in [5, 5.41) is 0.0241. The number of aromatic amines is 1. The zero-order chi connectivity index (χ0) is 20.6. The van der Waals surface area contributed by atoms with Gasteiger partial charge in [-0.15, -0.1) is 0 Å². The second-order valence-corrected chi connectivity index (χ2v) is 13.3. The highest BCUT2D eigenvalue weighted by atomic mass is 28.4. The maximum Gasteiger partial charge on any atom is 0.330 e. The molecule has 1 aliphatic rings. The first-order chi connectivity index (χ1) is 12.3. The maximum absolute atomic E-state index is 12.9. The maximum atomic E-state index is 12.9. The van der Waals surface area contributed by atoms with Crippen LogP contribution in [-0.2, 0) is 14.0 Å². The summed E-state index contributed by atoms with van der Waals surface area (Å²) in [5.41, 5.74) is -0.763. The van der Waals surface area contributed by atoms with E-state index in [9.17, 15) is 14.4 Å². The van der Waals surface area contributed by atoms with E-state index in [1.165, 1.54) is 12.3 Å². The van der Waals surface area contributed by atoms with Crippen LogP contribution in [0.5, 0.6) is 0 Å². The average Bonchev–Trinajstić information content (AvgIpc) is 2.80. The van der Waals surface area contributed by atoms with E-state index in [-0.39, 0.29) is 17.4 Å². The molecule has 2 rings (SSSR count). The zero-order valence-electron chi connectivity index (χ0n) is 17.0. The normalized spacial score (nSPS) is 22.5. The lowest BCUT2D eigenvalue weighted by atomic mass is 10.1. The van der Waals surface area contributed by atoms with E-state index in [0.29, 0.717) is 5.57 Å². The minimum absolute atomic E-state index is 0.0241. The molecule has 1 aliphatic heterocycles. The van der Waals surface area contributed by atoms with Gasteiger partial charge in [0.15, 0.2) is 8.32 Å². The van der Waals surface area contributed by atoms with Gasteiger partial charge in [0.25, 0.3) is 5.56 Å². The van der Waals surface area contributed by atoms with Crippen molar-refractivity contribution < 1.29 is 14.0 Å². The van der Waals surface area contributed by atoms with Gasteiger partial charge in [-0.3, -0.25) is 19.1 Å². The smallest absolute Gasteiger partial charge is 0.330 e. The van der Waals surface area contributed by atoms with E-state index < -0.39 is 31.9 Å². The van der Waals surface area contributed by atoms with Crippen molar-refractivity contribution in [3.8, 4) is 0 Å². The van der Waals surface area contributed by atoms with Crippen LogP contribution in [0.1, 0.15) is 27.0 Å². The molecule has 0 radical (unpaired) electrons. The minimum atomic E-state index is -2.03. The molecule has 27 heavy (non-hydrogen) atoms. The minimum Gasteiger partial charge on any atom is -0.414 e. The SMILES string of the molecule is CN(C)C=C1C(=O)[C@@H](n2ccc(=O)[nH]c2=O)O[C@H]1CO[Si](C)(C)C(C)(C)C. The number of carbonyl (C=O) groups excluding carboxylic acids is 1. The van der Waals surface area contributed by atoms with Gasteiger partial charge in [-0.05, 0) is 18.1 Å². The van der Waals surface area contributed by atoms with E-state index in [0.717, 1.165) is 4.57 Å². The Balaban J connectivity index is 2.32. The van der Waals surface area contributed by atoms with E-state index in [1.807, 2.05) is 14.1 Å². The fourth-order valence-electron chi connectivity index (χ4n) is 2.45. The molecule has 1 aromatic rings. The van der Waals surface area contributed by atoms with Crippen LogP contribution in [0.15, 0.2) is 33.6 Å². The van der Waals surface area contributed by atoms with Gasteiger partial charge in [-0.2, -0.15) is 0 Å². The average molecular weight is 396 g/mol. The number of nitrogens with zero attached hydrogens (tertiary/aromatic N) is 2. The molecule has 1 aromatic heterocycles. The van der Waals surface area contributed by atoms with Crippen molar-refractivity contribution in [1.82, 2.24) is 14.5 Å². The highest BCUT2D eigenvalue weighted by Crippen LogP contribution is 2.38. The van der Waals surface area contributed by atoms with Crippen LogP contribution < -0.4 is 11.2 Å². The standard InChI is InChI=1S/C18H29N3O5Si/c1-18(2,3)27(6,7)25-11-13-12(10-20(4)5)15(23)16(26-13)21-9-8-14(22)19-17(21)24/h8-10,13,16H,11H2,1-7H3,(H,19,22,24)/t13-,16-/m0/s1. The number of H-pyrrole nitrogens is 1. The van der Waals surface area contributed by atoms with E-state index in [1.54, 1.807) is 11.1 Å². The lowest BCUT2D eigenvalue weighted by Gasteiger charge is -2.36. The summed E-state index contributed by atoms with van der Waals surface area (Å²) in [5.74, 6) is -0.318. The van der Waals surface area contributed by atoms with Crippen molar-refractivity contribution in [3.63, 3.8) is 0 Å². The Kier molecular flexibility index (Phi) is 5.98. The van der Waals surface area contributed by atoms with Crippen LogP contribution in [0.2, 0.25) is 18.1 Å². The number of nitrogens with one attached hydrogen (secondary N) is 1. The Bertz CT molecular complexity index is 848. The quantitative estimate of drug-likeness (QED) is 0.599. The van der Waals surface area contributed by atoms with Gasteiger partial charge < -0.3 is 14.1 Å². The van der Waals surface area contributed by atoms with Crippen LogP contribution in [0, 0.1) is 0 Å². The highest BCUT2D eigenvalue weighted by molar-refractivity contribution is 6.74. The lowest BCUT2D eigenvalue weighted by molar-refractivity contribution is -0.126. The number of hydrogen-bond acceptors (Lipinski definition) is 6. The van der Waals surface area contributed by atoms with Crippen molar-refractivity contribution >= 4 is 14.1 Å². The Morgan fingerprint density at radius 2 is 1.93 bits per heavy atom. The van der Waals surface area contributed by atoms with Crippen LogP contribution in [0.25, 0.3) is 0 Å². The van der Waals surface area contributed by atoms with Crippen molar-refractivity contribution in [2.45, 2.75) is 51.2 Å². The largest absolute Gasteiger partial charge is 0.414 e. The van der Waals surface area contributed by atoms with Crippen molar-refractivity contribution in [2.75, 3.05) is 20.7 Å². The van der Waals surface area contributed by atoms with Crippen LogP contribution in [0.4, 0.5) is 0 Å². The Labute approximate surface area is 159 Å². The van der Waals surface area contributed by atoms with Gasteiger partial charge in [0.2, 0.25) is 12.0 Å². The fraction of sp³-hybridized carbons (Fsp3) is 0.611. The van der Waals surface area contributed by atoms with Gasteiger partial charge in [0.05, 0.1) is 6.61 Å². The lowest BCUT2D eigenvalue weighted by Crippen LogP contribution is -2.43. The molecule has 150 valence electrons. The van der Waals surface area contributed by atoms with Gasteiger partial charge in [-0.1, -0.05) is 20.8 Å². The molecule has 1 saturated heterocycles. The first-order valence-electron chi connectivity index (χ1n) is 8.87. The van der Waals surface area contributed by atoms with Crippen molar-refractivity contribution in [3.05, 3.63) is 44.9 Å². The monoisotopic (exact) mass is 395 g/mol. The number of Topliss-reactive ketones (excluding diaryl/α,β-unsaturated/α-hetero) is 1. The summed E-state index contributed by atoms with van der Waals surface area (Å²) in [6, 6.07) is 1.19. The van der Waals surface area contributed by atoms with Crippen molar-refractivity contribution in [2.24, 2.45) is 0 Å². The fourth-order valence-corrected chi connectivity index (χ4v) is 3.45. The summed E-state index contributed by atoms with van der Waals surface area (Å²) >= 11 is 0. The summed E-state index contributed by atoms with van der Waals surface area (Å²) in [6.45, 7) is 10.9. The molecule has 0 spiro atoms. The molecule has 9 heteroatoms. The third-order valence-electron chi connectivity index (χ3n) is 5.05. The number of rotatable bonds is 5. The van der Waals surface area contributed by atoms with Crippen LogP contribution >= 0.6 is 0 Å². The molecule has 0 bridgehead atoms. The number of ketones is 1. The summed E-state index contributed by atoms with van der Waals surface area (Å²) < 4.78 is 13.2. The molecule has 0 unspecified atom stereocenters. The molecule has 1 fully saturated rings. The summed E-state index contributed by atoms with van der Waals surface area (Å²) in [6.07, 6.45) is 1.26. The summed E-state index contributed by atoms with van der Waals surface area (Å²) in [4.78, 5) is 40.2. The van der Waals surface area contributed by atoms with Crippen LogP contribution in [-0.4, -0.2) is 55.4 Å². The van der Waals surface area contributed by atoms with Crippen molar-refractivity contribution in [1.29, 1.82) is 0 Å². The van der Waals surface area contributed by atoms with Crippen LogP contribution in [0.3, 0.4) is 0 Å². The molecule has 2 heterocycles. The Morgan fingerprint density at radius 3 is 2.44 bits per heavy atom. The molecule has 1 N–H and O–H groups in total. The topological polar surface area (TPSA) is 93.6 Å². The first kappa shape index (κ1) is 21.3. The summed E-state index contributed by atoms with van der Waals surface area (Å²) in [7, 11) is 1.59. The molecular formula is C18H29N3O5Si. The third-order valence-corrected chi connectivity index (χ3v) is 9.55. The third kappa shape index (κ3) is 4.66. The number of aromatic nitrogens is 2.